The summed E-state index contributed by atoms with van der Waals surface area (Å²) in [5.74, 6) is 0.683. The highest BCUT2D eigenvalue weighted by atomic mass is 32.2. The highest BCUT2D eigenvalue weighted by Crippen LogP contribution is 2.33. The lowest BCUT2D eigenvalue weighted by atomic mass is 10.1. The molecule has 1 saturated heterocycles. The zero-order valence-electron chi connectivity index (χ0n) is 14.9. The second-order valence-electron chi connectivity index (χ2n) is 6.73. The number of thiazole rings is 1. The number of benzene rings is 1. The minimum atomic E-state index is 0.195. The van der Waals surface area contributed by atoms with Gasteiger partial charge >= 0.3 is 0 Å². The largest absolute Gasteiger partial charge is 0.353 e. The zero-order valence-corrected chi connectivity index (χ0v) is 16.6. The molecule has 0 unspecified atom stereocenters. The van der Waals surface area contributed by atoms with E-state index in [0.29, 0.717) is 5.75 Å². The van der Waals surface area contributed by atoms with Crippen molar-refractivity contribution in [2.24, 2.45) is 7.05 Å². The molecule has 0 saturated carbocycles. The molecule has 1 aliphatic rings. The summed E-state index contributed by atoms with van der Waals surface area (Å²) in [5.41, 5.74) is 2.26. The van der Waals surface area contributed by atoms with Crippen molar-refractivity contribution >= 4 is 39.2 Å². The van der Waals surface area contributed by atoms with E-state index in [2.05, 4.69) is 45.9 Å². The van der Waals surface area contributed by atoms with Gasteiger partial charge in [-0.15, -0.1) is 11.3 Å². The molecule has 4 nitrogen and oxygen atoms in total. The third-order valence-corrected chi connectivity index (χ3v) is 7.16. The van der Waals surface area contributed by atoms with Gasteiger partial charge in [-0.05, 0) is 37.1 Å². The van der Waals surface area contributed by atoms with Gasteiger partial charge in [0.2, 0.25) is 5.91 Å². The fraction of sp³-hybridized carbons (Fsp3) is 0.400. The number of aromatic nitrogens is 2. The van der Waals surface area contributed by atoms with Crippen molar-refractivity contribution in [1.82, 2.24) is 14.5 Å². The molecule has 1 fully saturated rings. The highest BCUT2D eigenvalue weighted by Gasteiger charge is 2.28. The molecule has 1 amide bonds. The van der Waals surface area contributed by atoms with Crippen molar-refractivity contribution in [1.29, 1.82) is 0 Å². The quantitative estimate of drug-likeness (QED) is 0.601. The van der Waals surface area contributed by atoms with Crippen molar-refractivity contribution in [3.05, 3.63) is 48.3 Å². The highest BCUT2D eigenvalue weighted by molar-refractivity contribution is 8.01. The maximum absolute atomic E-state index is 13.0. The van der Waals surface area contributed by atoms with Gasteiger partial charge < -0.3 is 9.47 Å². The number of hydrogen-bond donors (Lipinski definition) is 0. The maximum atomic E-state index is 13.0. The summed E-state index contributed by atoms with van der Waals surface area (Å²) in [5, 5.41) is 0. The van der Waals surface area contributed by atoms with Gasteiger partial charge in [-0.25, -0.2) is 4.98 Å². The van der Waals surface area contributed by atoms with Crippen molar-refractivity contribution in [3.8, 4) is 0 Å². The normalized spacial score (nSPS) is 18.2. The topological polar surface area (TPSA) is 38.1 Å². The van der Waals surface area contributed by atoms with E-state index in [1.54, 1.807) is 23.1 Å². The summed E-state index contributed by atoms with van der Waals surface area (Å²) in [6, 6.07) is 12.6. The molecular weight excluding hydrogens is 362 g/mol. The molecule has 1 atom stereocenters. The summed E-state index contributed by atoms with van der Waals surface area (Å²) < 4.78 is 4.31. The van der Waals surface area contributed by atoms with Gasteiger partial charge in [0.15, 0.2) is 4.34 Å². The number of para-hydroxylation sites is 1. The first-order chi connectivity index (χ1) is 12.7. The van der Waals surface area contributed by atoms with Gasteiger partial charge in [0.1, 0.15) is 0 Å². The van der Waals surface area contributed by atoms with Gasteiger partial charge in [0, 0.05) is 25.5 Å². The van der Waals surface area contributed by atoms with Crippen LogP contribution in [0.5, 0.6) is 0 Å². The van der Waals surface area contributed by atoms with E-state index >= 15 is 0 Å². The lowest BCUT2D eigenvalue weighted by Gasteiger charge is -2.30. The third-order valence-electron chi connectivity index (χ3n) is 4.99. The Kier molecular flexibility index (Phi) is 5.31. The predicted molar refractivity (Wildman–Crippen MR) is 109 cm³/mol. The average Bonchev–Trinajstić information content (AvgIpc) is 3.18. The Morgan fingerprint density at radius 3 is 2.92 bits per heavy atom. The first-order valence-corrected chi connectivity index (χ1v) is 10.9. The number of carbonyl (C=O) groups is 1. The Morgan fingerprint density at radius 1 is 1.23 bits per heavy atom. The number of thioether (sulfide) groups is 1. The fourth-order valence-electron chi connectivity index (χ4n) is 3.65. The standard InChI is InChI=1S/C20H23N3OS2/c1-22-12-7-10-16(22)17-9-3-2-6-13-23(17)19(24)14-25-20-21-15-8-4-5-11-18(15)26-20/h4-5,7-8,10-12,17H,2-3,6,9,13-14H2,1H3/t17-/m1/s1. The molecule has 0 N–H and O–H groups in total. The predicted octanol–water partition coefficient (Wildman–Crippen LogP) is 4.87. The second kappa shape index (κ2) is 7.84. The average molecular weight is 386 g/mol. The molecule has 4 rings (SSSR count). The number of amides is 1. The molecule has 26 heavy (non-hydrogen) atoms. The monoisotopic (exact) mass is 385 g/mol. The molecule has 0 spiro atoms. The van der Waals surface area contributed by atoms with Crippen molar-refractivity contribution in [2.75, 3.05) is 12.3 Å². The Morgan fingerprint density at radius 2 is 2.12 bits per heavy atom. The Labute approximate surface area is 162 Å². The summed E-state index contributed by atoms with van der Waals surface area (Å²) in [6.07, 6.45) is 6.60. The van der Waals surface area contributed by atoms with Crippen LogP contribution in [0.4, 0.5) is 0 Å². The van der Waals surface area contributed by atoms with Crippen LogP contribution in [0.3, 0.4) is 0 Å². The lowest BCUT2D eigenvalue weighted by molar-refractivity contribution is -0.130. The number of rotatable bonds is 4. The van der Waals surface area contributed by atoms with Crippen LogP contribution in [-0.4, -0.2) is 32.7 Å². The van der Waals surface area contributed by atoms with E-state index in [0.717, 1.165) is 29.2 Å². The molecule has 6 heteroatoms. The Hall–Kier alpha value is -1.79. The van der Waals surface area contributed by atoms with Crippen LogP contribution >= 0.6 is 23.1 Å². The van der Waals surface area contributed by atoms with Crippen LogP contribution in [0.1, 0.15) is 37.4 Å². The van der Waals surface area contributed by atoms with Crippen LogP contribution in [0.25, 0.3) is 10.2 Å². The molecular formula is C20H23N3OS2. The number of hydrogen-bond acceptors (Lipinski definition) is 4. The van der Waals surface area contributed by atoms with Crippen LogP contribution in [0.15, 0.2) is 46.9 Å². The van der Waals surface area contributed by atoms with Gasteiger partial charge in [0.25, 0.3) is 0 Å². The molecule has 2 aromatic heterocycles. The molecule has 3 heterocycles. The molecule has 1 aliphatic heterocycles. The van der Waals surface area contributed by atoms with Crippen molar-refractivity contribution < 1.29 is 4.79 Å². The lowest BCUT2D eigenvalue weighted by Crippen LogP contribution is -2.36. The fourth-order valence-corrected chi connectivity index (χ4v) is 5.61. The van der Waals surface area contributed by atoms with E-state index in [1.807, 2.05) is 18.2 Å². The number of fused-ring (bicyclic) bond motifs is 1. The van der Waals surface area contributed by atoms with Gasteiger partial charge in [-0.2, -0.15) is 0 Å². The Balaban J connectivity index is 1.48. The Bertz CT molecular complexity index is 868. The summed E-state index contributed by atoms with van der Waals surface area (Å²) in [6.45, 7) is 0.856. The maximum Gasteiger partial charge on any atom is 0.233 e. The SMILES string of the molecule is Cn1cccc1[C@H]1CCCCCN1C(=O)CSc1nc2ccccc2s1. The van der Waals surface area contributed by atoms with Crippen LogP contribution < -0.4 is 0 Å². The van der Waals surface area contributed by atoms with Gasteiger partial charge in [-0.3, -0.25) is 4.79 Å². The molecule has 3 aromatic rings. The van der Waals surface area contributed by atoms with Crippen LogP contribution in [0, 0.1) is 0 Å². The molecule has 136 valence electrons. The number of aryl methyl sites for hydroxylation is 1. The molecule has 0 aliphatic carbocycles. The number of nitrogens with zero attached hydrogens (tertiary/aromatic N) is 3. The summed E-state index contributed by atoms with van der Waals surface area (Å²) in [7, 11) is 2.07. The minimum Gasteiger partial charge on any atom is -0.353 e. The van der Waals surface area contributed by atoms with Gasteiger partial charge in [0.05, 0.1) is 22.0 Å². The van der Waals surface area contributed by atoms with Crippen molar-refractivity contribution in [3.63, 3.8) is 0 Å². The summed E-state index contributed by atoms with van der Waals surface area (Å²) in [4.78, 5) is 19.8. The molecule has 1 aromatic carbocycles. The van der Waals surface area contributed by atoms with E-state index in [1.165, 1.54) is 23.2 Å². The molecule has 0 bridgehead atoms. The first kappa shape index (κ1) is 17.6. The third kappa shape index (κ3) is 3.67. The number of carbonyl (C=O) groups excluding carboxylic acids is 1. The van der Waals surface area contributed by atoms with Crippen LogP contribution in [-0.2, 0) is 11.8 Å². The second-order valence-corrected chi connectivity index (χ2v) is 8.99. The van der Waals surface area contributed by atoms with E-state index in [4.69, 9.17) is 0 Å². The van der Waals surface area contributed by atoms with Gasteiger partial charge in [-0.1, -0.05) is 36.7 Å². The smallest absolute Gasteiger partial charge is 0.233 e. The number of likely N-dealkylation sites (tertiary alicyclic amines) is 1. The van der Waals surface area contributed by atoms with Crippen LogP contribution in [0.2, 0.25) is 0 Å². The van der Waals surface area contributed by atoms with Crippen molar-refractivity contribution in [2.45, 2.75) is 36.1 Å². The zero-order chi connectivity index (χ0) is 17.9. The molecule has 0 radical (unpaired) electrons. The minimum absolute atomic E-state index is 0.195. The first-order valence-electron chi connectivity index (χ1n) is 9.11. The van der Waals surface area contributed by atoms with E-state index in [-0.39, 0.29) is 11.9 Å². The summed E-state index contributed by atoms with van der Waals surface area (Å²) >= 11 is 3.24. The van der Waals surface area contributed by atoms with E-state index < -0.39 is 0 Å². The van der Waals surface area contributed by atoms with E-state index in [9.17, 15) is 4.79 Å².